The maximum absolute atomic E-state index is 12.1. The first kappa shape index (κ1) is 28.8. The van der Waals surface area contributed by atoms with Crippen molar-refractivity contribution in [2.75, 3.05) is 0 Å². The molecule has 1 aliphatic carbocycles. The molecule has 0 aromatic rings. The summed E-state index contributed by atoms with van der Waals surface area (Å²) in [7, 11) is -3.80. The van der Waals surface area contributed by atoms with Crippen LogP contribution in [0.2, 0.25) is 36.3 Å². The van der Waals surface area contributed by atoms with Gasteiger partial charge in [0, 0.05) is 18.3 Å². The molecule has 1 saturated carbocycles. The number of carbonyl (C=O) groups is 1. The van der Waals surface area contributed by atoms with Crippen LogP contribution in [0.5, 0.6) is 0 Å². The van der Waals surface area contributed by atoms with Crippen LogP contribution >= 0.6 is 0 Å². The fourth-order valence-electron chi connectivity index (χ4n) is 4.44. The van der Waals surface area contributed by atoms with Crippen molar-refractivity contribution in [3.05, 3.63) is 12.2 Å². The topological polar surface area (TPSA) is 44.8 Å². The van der Waals surface area contributed by atoms with E-state index in [1.165, 1.54) is 19.3 Å². The van der Waals surface area contributed by atoms with E-state index in [9.17, 15) is 4.79 Å². The minimum absolute atomic E-state index is 0.00164. The highest BCUT2D eigenvalue weighted by atomic mass is 28.4. The van der Waals surface area contributed by atoms with E-state index in [4.69, 9.17) is 13.6 Å². The van der Waals surface area contributed by atoms with E-state index in [2.05, 4.69) is 86.8 Å². The summed E-state index contributed by atoms with van der Waals surface area (Å²) in [6.07, 6.45) is 10.9. The normalized spacial score (nSPS) is 27.8. The summed E-state index contributed by atoms with van der Waals surface area (Å²) in [6, 6.07) is 0. The zero-order valence-corrected chi connectivity index (χ0v) is 25.4. The first-order chi connectivity index (χ1) is 15.0. The SMILES string of the molecule is CCCCCC(C=C[C@H]1[C@@H]2CC(=O)O[C@@H]2C[C@@H]1O[Si](C)(C)C(C)(C)C)O[Si](C)(C)C(C)(C)C. The first-order valence-corrected chi connectivity index (χ1v) is 19.0. The van der Waals surface area contributed by atoms with Crippen molar-refractivity contribution < 1.29 is 18.4 Å². The molecule has 0 aromatic heterocycles. The Morgan fingerprint density at radius 1 is 1.03 bits per heavy atom. The Bertz CT molecular complexity index is 687. The van der Waals surface area contributed by atoms with Gasteiger partial charge in [-0.15, -0.1) is 0 Å². The molecule has 6 heteroatoms. The molecule has 1 saturated heterocycles. The molecule has 0 amide bonds. The summed E-state index contributed by atoms with van der Waals surface area (Å²) in [5, 5.41) is 0.339. The second-order valence-corrected chi connectivity index (χ2v) is 22.9. The summed E-state index contributed by atoms with van der Waals surface area (Å²) in [6.45, 7) is 25.3. The molecule has 2 rings (SSSR count). The van der Waals surface area contributed by atoms with Crippen LogP contribution in [-0.2, 0) is 18.4 Å². The van der Waals surface area contributed by atoms with Crippen LogP contribution in [0.3, 0.4) is 0 Å². The van der Waals surface area contributed by atoms with Gasteiger partial charge in [0.2, 0.25) is 0 Å². The van der Waals surface area contributed by atoms with Crippen molar-refractivity contribution in [2.24, 2.45) is 11.8 Å². The van der Waals surface area contributed by atoms with Gasteiger partial charge in [-0.2, -0.15) is 0 Å². The van der Waals surface area contributed by atoms with Crippen molar-refractivity contribution in [3.63, 3.8) is 0 Å². The van der Waals surface area contributed by atoms with E-state index in [1.54, 1.807) is 0 Å². The van der Waals surface area contributed by atoms with E-state index in [1.807, 2.05) is 0 Å². The van der Waals surface area contributed by atoms with E-state index in [0.29, 0.717) is 6.42 Å². The lowest BCUT2D eigenvalue weighted by Crippen LogP contribution is -2.45. The third-order valence-electron chi connectivity index (χ3n) is 8.70. The number of hydrogen-bond acceptors (Lipinski definition) is 4. The van der Waals surface area contributed by atoms with Crippen LogP contribution in [0, 0.1) is 11.8 Å². The lowest BCUT2D eigenvalue weighted by Gasteiger charge is -2.40. The number of carbonyl (C=O) groups excluding carboxylic acids is 1. The van der Waals surface area contributed by atoms with Gasteiger partial charge >= 0.3 is 5.97 Å². The number of ether oxygens (including phenoxy) is 1. The molecule has 4 nitrogen and oxygen atoms in total. The maximum Gasteiger partial charge on any atom is 0.306 e. The Morgan fingerprint density at radius 3 is 2.18 bits per heavy atom. The maximum atomic E-state index is 12.1. The van der Waals surface area contributed by atoms with Gasteiger partial charge in [0.1, 0.15) is 6.10 Å². The largest absolute Gasteiger partial charge is 0.462 e. The van der Waals surface area contributed by atoms with E-state index < -0.39 is 16.6 Å². The predicted octanol–water partition coefficient (Wildman–Crippen LogP) is 7.86. The Labute approximate surface area is 206 Å². The highest BCUT2D eigenvalue weighted by Crippen LogP contribution is 2.47. The number of unbranched alkanes of at least 4 members (excludes halogenated alkanes) is 2. The van der Waals surface area contributed by atoms with Gasteiger partial charge in [-0.25, -0.2) is 0 Å². The molecule has 2 aliphatic rings. The summed E-state index contributed by atoms with van der Waals surface area (Å²) in [5.74, 6) is 0.395. The minimum Gasteiger partial charge on any atom is -0.462 e. The molecule has 5 atom stereocenters. The Kier molecular flexibility index (Phi) is 9.31. The van der Waals surface area contributed by atoms with Crippen LogP contribution in [0.25, 0.3) is 0 Å². The molecule has 0 spiro atoms. The van der Waals surface area contributed by atoms with E-state index >= 15 is 0 Å². The summed E-state index contributed by atoms with van der Waals surface area (Å²) < 4.78 is 19.4. The fraction of sp³-hybridized carbons (Fsp3) is 0.889. The quantitative estimate of drug-likeness (QED) is 0.134. The molecule has 0 aromatic carbocycles. The van der Waals surface area contributed by atoms with Crippen LogP contribution in [0.4, 0.5) is 0 Å². The molecule has 0 N–H and O–H groups in total. The van der Waals surface area contributed by atoms with Gasteiger partial charge in [0.25, 0.3) is 0 Å². The summed E-state index contributed by atoms with van der Waals surface area (Å²) in [4.78, 5) is 12.1. The lowest BCUT2D eigenvalue weighted by molar-refractivity contribution is -0.141. The van der Waals surface area contributed by atoms with Crippen LogP contribution in [0.15, 0.2) is 12.2 Å². The van der Waals surface area contributed by atoms with Crippen molar-refractivity contribution in [1.82, 2.24) is 0 Å². The van der Waals surface area contributed by atoms with Gasteiger partial charge in [-0.3, -0.25) is 4.79 Å². The first-order valence-electron chi connectivity index (χ1n) is 13.2. The van der Waals surface area contributed by atoms with Gasteiger partial charge in [0.15, 0.2) is 16.6 Å². The van der Waals surface area contributed by atoms with Gasteiger partial charge in [-0.05, 0) is 42.7 Å². The van der Waals surface area contributed by atoms with E-state index in [-0.39, 0.29) is 46.2 Å². The standard InChI is InChI=1S/C27H52O4Si2/c1-12-13-14-15-20(30-32(8,9)26(2,3)4)16-17-21-22-18-25(28)29-23(22)19-24(21)31-33(10,11)27(5,6)7/h16-17,20-24H,12-15,18-19H2,1-11H3/t20?,21-,22-,23+,24-/m0/s1. The third kappa shape index (κ3) is 7.28. The molecule has 0 bridgehead atoms. The molecule has 2 fully saturated rings. The van der Waals surface area contributed by atoms with E-state index in [0.717, 1.165) is 12.8 Å². The van der Waals surface area contributed by atoms with Crippen LogP contribution < -0.4 is 0 Å². The average molecular weight is 497 g/mol. The van der Waals surface area contributed by atoms with Gasteiger partial charge in [-0.1, -0.05) is 79.9 Å². The molecule has 0 radical (unpaired) electrons. The highest BCUT2D eigenvalue weighted by Gasteiger charge is 2.52. The average Bonchev–Trinajstić information content (AvgIpc) is 3.12. The predicted molar refractivity (Wildman–Crippen MR) is 144 cm³/mol. The van der Waals surface area contributed by atoms with Gasteiger partial charge < -0.3 is 13.6 Å². The Balaban J connectivity index is 2.26. The summed E-state index contributed by atoms with van der Waals surface area (Å²) in [5.41, 5.74) is 0. The van der Waals surface area contributed by atoms with Crippen molar-refractivity contribution in [1.29, 1.82) is 0 Å². The molecule has 1 unspecified atom stereocenters. The Hall–Kier alpha value is -0.436. The molecular weight excluding hydrogens is 444 g/mol. The second-order valence-electron chi connectivity index (χ2n) is 13.4. The number of hydrogen-bond donors (Lipinski definition) is 0. The third-order valence-corrected chi connectivity index (χ3v) is 17.7. The number of esters is 1. The molecule has 1 heterocycles. The smallest absolute Gasteiger partial charge is 0.306 e. The lowest BCUT2D eigenvalue weighted by atomic mass is 9.91. The molecule has 1 aliphatic heterocycles. The van der Waals surface area contributed by atoms with Gasteiger partial charge in [0.05, 0.1) is 18.6 Å². The van der Waals surface area contributed by atoms with Crippen molar-refractivity contribution in [2.45, 2.75) is 142 Å². The molecule has 33 heavy (non-hydrogen) atoms. The van der Waals surface area contributed by atoms with Crippen LogP contribution in [0.1, 0.15) is 87.0 Å². The monoisotopic (exact) mass is 496 g/mol. The highest BCUT2D eigenvalue weighted by molar-refractivity contribution is 6.74. The number of fused-ring (bicyclic) bond motifs is 1. The zero-order chi connectivity index (χ0) is 25.2. The fourth-order valence-corrected chi connectivity index (χ4v) is 7.11. The van der Waals surface area contributed by atoms with Crippen molar-refractivity contribution in [3.8, 4) is 0 Å². The minimum atomic E-state index is -1.92. The Morgan fingerprint density at radius 2 is 1.64 bits per heavy atom. The summed E-state index contributed by atoms with van der Waals surface area (Å²) >= 11 is 0. The molecule has 192 valence electrons. The molecular formula is C27H52O4Si2. The van der Waals surface area contributed by atoms with Crippen LogP contribution in [-0.4, -0.2) is 40.9 Å². The zero-order valence-electron chi connectivity index (χ0n) is 23.4. The number of rotatable bonds is 10. The van der Waals surface area contributed by atoms with Crippen molar-refractivity contribution >= 4 is 22.6 Å². The second kappa shape index (κ2) is 10.7.